The SMILES string of the molecule is [O]=[W](=[O])[O][W](=[O])(=[O])[O][W](=[O])(=[O])[O][W](=[O])(=[O])[O-]. The van der Waals surface area contributed by atoms with E-state index < -0.39 is 67.9 Å². The molecule has 0 rings (SSSR count). The van der Waals surface area contributed by atoms with Gasteiger partial charge in [-0.05, 0) is 0 Å². The Morgan fingerprint density at radius 3 is 1.56 bits per heavy atom. The van der Waals surface area contributed by atoms with Gasteiger partial charge in [-0.1, -0.05) is 0 Å². The van der Waals surface area contributed by atoms with Gasteiger partial charge in [0.2, 0.25) is 0 Å². The van der Waals surface area contributed by atoms with E-state index in [0.717, 1.165) is 0 Å². The fourth-order valence-corrected chi connectivity index (χ4v) is 30.7. The molecule has 97 valence electrons. The van der Waals surface area contributed by atoms with Crippen LogP contribution in [0.1, 0.15) is 0 Å². The molecule has 0 fully saturated rings. The van der Waals surface area contributed by atoms with Crippen molar-refractivity contribution in [3.8, 4) is 0 Å². The standard InChI is InChI=1S/12O.4W/q;;;;;;;;;;;-1;;;;. The average molecular weight is 927 g/mol. The van der Waals surface area contributed by atoms with Crippen molar-refractivity contribution >= 4 is 0 Å². The van der Waals surface area contributed by atoms with Crippen LogP contribution in [-0.2, 0) is 101 Å². The molecule has 0 atom stereocenters. The van der Waals surface area contributed by atoms with Gasteiger partial charge in [0, 0.05) is 0 Å². The molecule has 0 radical (unpaired) electrons. The molecule has 0 N–H and O–H groups in total. The molecule has 0 amide bonds. The van der Waals surface area contributed by atoms with E-state index >= 15 is 0 Å². The summed E-state index contributed by atoms with van der Waals surface area (Å²) in [5, 5.41) is 0. The predicted octanol–water partition coefficient (Wildman–Crippen LogP) is -2.35. The third kappa shape index (κ3) is 9.07. The summed E-state index contributed by atoms with van der Waals surface area (Å²) < 4.78 is 101. The summed E-state index contributed by atoms with van der Waals surface area (Å²) >= 11 is -25.9. The zero-order valence-electron chi connectivity index (χ0n) is 6.53. The Balaban J connectivity index is 5.01. The molecule has 0 heterocycles. The molecule has 0 aromatic rings. The fourth-order valence-electron chi connectivity index (χ4n) is 0.295. The molecule has 12 nitrogen and oxygen atoms in total. The molecular weight excluding hydrogens is 927 g/mol. The predicted molar refractivity (Wildman–Crippen MR) is 8.75 cm³/mol. The number of hydrogen-bond acceptors (Lipinski definition) is 12. The van der Waals surface area contributed by atoms with E-state index in [1.807, 2.05) is 0 Å². The molecule has 0 aromatic heterocycles. The van der Waals surface area contributed by atoms with Crippen molar-refractivity contribution in [3.63, 3.8) is 0 Å². The molecule has 0 aliphatic heterocycles. The van der Waals surface area contributed by atoms with Crippen LogP contribution in [0.2, 0.25) is 0 Å². The summed E-state index contributed by atoms with van der Waals surface area (Å²) in [5.74, 6) is 0. The second-order valence-corrected chi connectivity index (χ2v) is 25.4. The molecule has 0 saturated carbocycles. The second-order valence-electron chi connectivity index (χ2n) is 1.63. The maximum atomic E-state index is 10.6. The quantitative estimate of drug-likeness (QED) is 0.277. The molecular formula is O12W4-. The van der Waals surface area contributed by atoms with E-state index in [4.69, 9.17) is 0 Å². The van der Waals surface area contributed by atoms with Gasteiger partial charge in [-0.3, -0.25) is 0 Å². The van der Waals surface area contributed by atoms with Gasteiger partial charge >= 0.3 is 105 Å². The zero-order chi connectivity index (χ0) is 13.2. The van der Waals surface area contributed by atoms with Crippen molar-refractivity contribution in [2.24, 2.45) is 0 Å². The first-order valence-electron chi connectivity index (χ1n) is 2.50. The van der Waals surface area contributed by atoms with Crippen molar-refractivity contribution in [3.05, 3.63) is 0 Å². The molecule has 0 bridgehead atoms. The molecule has 0 aliphatic carbocycles. The summed E-state index contributed by atoms with van der Waals surface area (Å²) in [6, 6.07) is 0. The molecule has 0 spiro atoms. The molecule has 0 aliphatic rings. The van der Waals surface area contributed by atoms with Crippen LogP contribution < -0.4 is 3.76 Å². The third-order valence-corrected chi connectivity index (χ3v) is 31.6. The van der Waals surface area contributed by atoms with Crippen molar-refractivity contribution in [2.45, 2.75) is 0 Å². The van der Waals surface area contributed by atoms with E-state index in [2.05, 4.69) is 6.13 Å². The Hall–Kier alpha value is 0.993. The molecule has 16 heavy (non-hydrogen) atoms. The number of rotatable bonds is 6. The normalized spacial score (nSPS) is 13.6. The van der Waals surface area contributed by atoms with Gasteiger partial charge < -0.3 is 0 Å². The third-order valence-electron chi connectivity index (χ3n) is 0.472. The van der Waals surface area contributed by atoms with Crippen molar-refractivity contribution < 1.29 is 105 Å². The maximum absolute atomic E-state index is 10.6. The summed E-state index contributed by atoms with van der Waals surface area (Å²) in [5.41, 5.74) is 0. The monoisotopic (exact) mass is 928 g/mol. The average Bonchev–Trinajstić information content (AvgIpc) is 1.69. The van der Waals surface area contributed by atoms with Gasteiger partial charge in [0.05, 0.1) is 0 Å². The topological polar surface area (TPSA) is 187 Å². The van der Waals surface area contributed by atoms with E-state index in [9.17, 15) is 30.9 Å². The van der Waals surface area contributed by atoms with E-state index in [0.29, 0.717) is 0 Å². The second kappa shape index (κ2) is 5.76. The minimum atomic E-state index is -7.04. The first-order chi connectivity index (χ1) is 6.83. The summed E-state index contributed by atoms with van der Waals surface area (Å²) in [4.78, 5) is 0. The van der Waals surface area contributed by atoms with Crippen LogP contribution in [0.25, 0.3) is 0 Å². The summed E-state index contributed by atoms with van der Waals surface area (Å²) in [6.07, 6.45) is 0. The Morgan fingerprint density at radius 1 is 0.812 bits per heavy atom. The Morgan fingerprint density at radius 2 is 1.25 bits per heavy atom. The van der Waals surface area contributed by atoms with E-state index in [1.54, 1.807) is 0 Å². The van der Waals surface area contributed by atoms with E-state index in [1.165, 1.54) is 0 Å². The molecule has 0 saturated heterocycles. The number of hydrogen-bond donors (Lipinski definition) is 0. The van der Waals surface area contributed by atoms with Gasteiger partial charge in [0.25, 0.3) is 0 Å². The van der Waals surface area contributed by atoms with Gasteiger partial charge in [-0.25, -0.2) is 0 Å². The Kier molecular flexibility index (Phi) is 6.11. The molecule has 16 heteroatoms. The van der Waals surface area contributed by atoms with Crippen LogP contribution in [-0.4, -0.2) is 0 Å². The Labute approximate surface area is 104 Å². The first kappa shape index (κ1) is 17.0. The molecule has 0 unspecified atom stereocenters. The van der Waals surface area contributed by atoms with Crippen LogP contribution >= 0.6 is 0 Å². The fraction of sp³-hybridized carbons (Fsp3) is 0. The van der Waals surface area contributed by atoms with Crippen LogP contribution in [0, 0.1) is 0 Å². The van der Waals surface area contributed by atoms with Gasteiger partial charge in [-0.2, -0.15) is 0 Å². The zero-order valence-corrected chi connectivity index (χ0v) is 18.3. The van der Waals surface area contributed by atoms with Crippen molar-refractivity contribution in [1.29, 1.82) is 0 Å². The first-order valence-corrected chi connectivity index (χ1v) is 20.5. The molecule has 0 aromatic carbocycles. The van der Waals surface area contributed by atoms with Crippen LogP contribution in [0.15, 0.2) is 0 Å². The summed E-state index contributed by atoms with van der Waals surface area (Å²) in [7, 11) is 0. The van der Waals surface area contributed by atoms with Crippen molar-refractivity contribution in [1.82, 2.24) is 0 Å². The Bertz CT molecular complexity index is 597. The summed E-state index contributed by atoms with van der Waals surface area (Å²) in [6.45, 7) is 0. The minimum absolute atomic E-state index is 2.95. The van der Waals surface area contributed by atoms with Gasteiger partial charge in [0.15, 0.2) is 0 Å². The van der Waals surface area contributed by atoms with Crippen molar-refractivity contribution in [2.75, 3.05) is 0 Å². The van der Waals surface area contributed by atoms with Crippen LogP contribution in [0.5, 0.6) is 0 Å². The van der Waals surface area contributed by atoms with Gasteiger partial charge in [-0.15, -0.1) is 0 Å². The van der Waals surface area contributed by atoms with Crippen LogP contribution in [0.4, 0.5) is 0 Å². The van der Waals surface area contributed by atoms with Crippen LogP contribution in [0.3, 0.4) is 0 Å². The van der Waals surface area contributed by atoms with Gasteiger partial charge in [0.1, 0.15) is 0 Å². The van der Waals surface area contributed by atoms with E-state index in [-0.39, 0.29) is 0 Å².